The van der Waals surface area contributed by atoms with Gasteiger partial charge >= 0.3 is 0 Å². The second-order valence-corrected chi connectivity index (χ2v) is 10.6. The van der Waals surface area contributed by atoms with Crippen molar-refractivity contribution in [3.63, 3.8) is 0 Å². The SMILES string of the molecule is C=CC(=O)C[C@H]1COC[C@H]1Nc1cc2c(N3CCC(C#N)C3)nc(-c3c(Cl)c(OC)cc(OC)c3Cl)cc2cn1. The first-order valence-electron chi connectivity index (χ1n) is 12.9. The monoisotopic (exact) mass is 581 g/mol. The molecule has 1 aromatic carbocycles. The van der Waals surface area contributed by atoms with Gasteiger partial charge in [0.15, 0.2) is 5.78 Å². The predicted molar refractivity (Wildman–Crippen MR) is 156 cm³/mol. The van der Waals surface area contributed by atoms with Gasteiger partial charge in [-0.2, -0.15) is 5.26 Å². The van der Waals surface area contributed by atoms with Crippen LogP contribution in [0.5, 0.6) is 11.5 Å². The zero-order valence-electron chi connectivity index (χ0n) is 22.2. The average molecular weight is 582 g/mol. The number of hydrogen-bond donors (Lipinski definition) is 1. The molecular formula is C29H29Cl2N5O4. The van der Waals surface area contributed by atoms with Crippen LogP contribution in [0, 0.1) is 23.2 Å². The van der Waals surface area contributed by atoms with Gasteiger partial charge in [0.1, 0.15) is 23.1 Å². The molecule has 0 radical (unpaired) electrons. The zero-order chi connectivity index (χ0) is 28.4. The molecular weight excluding hydrogens is 553 g/mol. The van der Waals surface area contributed by atoms with Crippen LogP contribution < -0.4 is 19.7 Å². The van der Waals surface area contributed by atoms with Gasteiger partial charge in [0.2, 0.25) is 0 Å². The number of halogens is 2. The number of aromatic nitrogens is 2. The number of fused-ring (bicyclic) bond motifs is 1. The molecule has 2 saturated heterocycles. The maximum atomic E-state index is 12.0. The van der Waals surface area contributed by atoms with Crippen molar-refractivity contribution in [1.29, 1.82) is 5.26 Å². The molecule has 0 aliphatic carbocycles. The van der Waals surface area contributed by atoms with Crippen LogP contribution in [-0.4, -0.2) is 62.3 Å². The van der Waals surface area contributed by atoms with Gasteiger partial charge in [0.25, 0.3) is 0 Å². The molecule has 11 heteroatoms. The highest BCUT2D eigenvalue weighted by Crippen LogP contribution is 2.46. The fraction of sp³-hybridized carbons (Fsp3) is 0.379. The van der Waals surface area contributed by atoms with Crippen molar-refractivity contribution < 1.29 is 19.0 Å². The second kappa shape index (κ2) is 11.9. The predicted octanol–water partition coefficient (Wildman–Crippen LogP) is 5.54. The number of rotatable bonds is 9. The molecule has 2 aromatic heterocycles. The third-order valence-corrected chi connectivity index (χ3v) is 8.17. The lowest BCUT2D eigenvalue weighted by Crippen LogP contribution is -2.29. The number of ketones is 1. The van der Waals surface area contributed by atoms with Crippen LogP contribution in [0.3, 0.4) is 0 Å². The Kier molecular flexibility index (Phi) is 8.31. The van der Waals surface area contributed by atoms with Crippen molar-refractivity contribution >= 4 is 51.4 Å². The summed E-state index contributed by atoms with van der Waals surface area (Å²) in [5, 5.41) is 15.3. The Bertz CT molecular complexity index is 1480. The van der Waals surface area contributed by atoms with E-state index in [4.69, 9.17) is 42.4 Å². The second-order valence-electron chi connectivity index (χ2n) is 9.89. The van der Waals surface area contributed by atoms with E-state index >= 15 is 0 Å². The van der Waals surface area contributed by atoms with Gasteiger partial charge < -0.3 is 24.4 Å². The number of allylic oxidation sites excluding steroid dienone is 1. The fourth-order valence-corrected chi connectivity index (χ4v) is 5.93. The topological polar surface area (TPSA) is 110 Å². The van der Waals surface area contributed by atoms with Crippen LogP contribution in [-0.2, 0) is 9.53 Å². The largest absolute Gasteiger partial charge is 0.495 e. The number of nitrogens with one attached hydrogen (secondary N) is 1. The molecule has 1 unspecified atom stereocenters. The molecule has 1 N–H and O–H groups in total. The summed E-state index contributed by atoms with van der Waals surface area (Å²) in [6.07, 6.45) is 4.22. The fourth-order valence-electron chi connectivity index (χ4n) is 5.24. The van der Waals surface area contributed by atoms with Crippen LogP contribution in [0.1, 0.15) is 12.8 Å². The molecule has 0 amide bonds. The lowest BCUT2D eigenvalue weighted by atomic mass is 9.97. The Labute approximate surface area is 242 Å². The minimum atomic E-state index is -0.0946. The van der Waals surface area contributed by atoms with Crippen molar-refractivity contribution in [2.45, 2.75) is 18.9 Å². The number of pyridine rings is 2. The molecule has 2 fully saturated rings. The van der Waals surface area contributed by atoms with Gasteiger partial charge in [0.05, 0.1) is 61.2 Å². The Balaban J connectivity index is 1.60. The number of ether oxygens (including phenoxy) is 3. The van der Waals surface area contributed by atoms with E-state index in [0.717, 1.165) is 17.2 Å². The lowest BCUT2D eigenvalue weighted by Gasteiger charge is -2.22. The van der Waals surface area contributed by atoms with Crippen LogP contribution in [0.4, 0.5) is 11.6 Å². The van der Waals surface area contributed by atoms with Gasteiger partial charge in [-0.25, -0.2) is 9.97 Å². The number of anilines is 2. The molecule has 0 bridgehead atoms. The summed E-state index contributed by atoms with van der Waals surface area (Å²) in [5.41, 5.74) is 1.02. The van der Waals surface area contributed by atoms with Crippen molar-refractivity contribution in [2.75, 3.05) is 50.7 Å². The third-order valence-electron chi connectivity index (χ3n) is 7.42. The summed E-state index contributed by atoms with van der Waals surface area (Å²) in [6, 6.07) is 7.76. The molecule has 0 spiro atoms. The number of benzene rings is 1. The van der Waals surface area contributed by atoms with Gasteiger partial charge in [0, 0.05) is 54.0 Å². The maximum Gasteiger partial charge on any atom is 0.155 e. The van der Waals surface area contributed by atoms with E-state index in [1.54, 1.807) is 12.3 Å². The van der Waals surface area contributed by atoms with Gasteiger partial charge in [-0.15, -0.1) is 0 Å². The minimum absolute atomic E-state index is 0.0136. The smallest absolute Gasteiger partial charge is 0.155 e. The number of nitrogens with zero attached hydrogens (tertiary/aromatic N) is 4. The summed E-state index contributed by atoms with van der Waals surface area (Å²) < 4.78 is 16.6. The van der Waals surface area contributed by atoms with Crippen LogP contribution in [0.25, 0.3) is 22.0 Å². The van der Waals surface area contributed by atoms with Gasteiger partial charge in [-0.1, -0.05) is 29.8 Å². The number of hydrogen-bond acceptors (Lipinski definition) is 9. The molecule has 5 rings (SSSR count). The van der Waals surface area contributed by atoms with Gasteiger partial charge in [-0.3, -0.25) is 4.79 Å². The van der Waals surface area contributed by atoms with Crippen LogP contribution in [0.2, 0.25) is 10.0 Å². The molecule has 2 aliphatic heterocycles. The van der Waals surface area contributed by atoms with Crippen molar-refractivity contribution in [3.8, 4) is 28.8 Å². The Morgan fingerprint density at radius 1 is 1.25 bits per heavy atom. The molecule has 208 valence electrons. The van der Waals surface area contributed by atoms with E-state index in [1.165, 1.54) is 20.3 Å². The summed E-state index contributed by atoms with van der Waals surface area (Å²) in [5.74, 6) is 2.07. The number of carbonyl (C=O) groups excluding carboxylic acids is 1. The molecule has 2 aliphatic rings. The molecule has 0 saturated carbocycles. The van der Waals surface area contributed by atoms with E-state index in [9.17, 15) is 10.1 Å². The zero-order valence-corrected chi connectivity index (χ0v) is 23.8. The van der Waals surface area contributed by atoms with Crippen molar-refractivity contribution in [1.82, 2.24) is 9.97 Å². The molecule has 3 aromatic rings. The van der Waals surface area contributed by atoms with Crippen LogP contribution >= 0.6 is 23.2 Å². The van der Waals surface area contributed by atoms with E-state index in [2.05, 4.69) is 27.8 Å². The van der Waals surface area contributed by atoms with Crippen molar-refractivity contribution in [3.05, 3.63) is 47.1 Å². The molecule has 4 heterocycles. The van der Waals surface area contributed by atoms with Crippen LogP contribution in [0.15, 0.2) is 37.1 Å². The Morgan fingerprint density at radius 3 is 2.65 bits per heavy atom. The van der Waals surface area contributed by atoms with E-state index < -0.39 is 0 Å². The lowest BCUT2D eigenvalue weighted by molar-refractivity contribution is -0.115. The molecule has 9 nitrogen and oxygen atoms in total. The quantitative estimate of drug-likeness (QED) is 0.325. The van der Waals surface area contributed by atoms with E-state index in [0.29, 0.717) is 77.2 Å². The Hall–Kier alpha value is -3.58. The Morgan fingerprint density at radius 2 is 2.00 bits per heavy atom. The maximum absolute atomic E-state index is 12.0. The summed E-state index contributed by atoms with van der Waals surface area (Å²) in [4.78, 5) is 23.8. The highest BCUT2D eigenvalue weighted by Gasteiger charge is 2.31. The normalized spacial score (nSPS) is 20.4. The molecule has 3 atom stereocenters. The first-order valence-corrected chi connectivity index (χ1v) is 13.7. The average Bonchev–Trinajstić information content (AvgIpc) is 3.62. The standard InChI is InChI=1S/C29H29Cl2N5O4/c1-4-19(37)7-18-14-40-15-22(18)34-25-9-20-17(12-33-25)8-21(35-29(20)36-6-5-16(11-32)13-36)26-27(30)23(38-2)10-24(39-3)28(26)31/h4,8-10,12,16,18,22H,1,5-7,13-15H2,2-3H3,(H,33,34)/t16?,18-,22+/m0/s1. The number of carbonyl (C=O) groups is 1. The highest BCUT2D eigenvalue weighted by atomic mass is 35.5. The number of methoxy groups -OCH3 is 2. The number of nitriles is 1. The van der Waals surface area contributed by atoms with E-state index in [-0.39, 0.29) is 23.7 Å². The summed E-state index contributed by atoms with van der Waals surface area (Å²) in [7, 11) is 3.05. The van der Waals surface area contributed by atoms with Crippen molar-refractivity contribution in [2.24, 2.45) is 11.8 Å². The first-order chi connectivity index (χ1) is 19.4. The highest BCUT2D eigenvalue weighted by molar-refractivity contribution is 6.41. The first kappa shape index (κ1) is 28.0. The summed E-state index contributed by atoms with van der Waals surface area (Å²) in [6.45, 7) is 5.78. The molecule has 40 heavy (non-hydrogen) atoms. The summed E-state index contributed by atoms with van der Waals surface area (Å²) >= 11 is 13.5. The van der Waals surface area contributed by atoms with E-state index in [1.807, 2.05) is 12.1 Å². The third kappa shape index (κ3) is 5.39. The van der Waals surface area contributed by atoms with Gasteiger partial charge in [-0.05, 0) is 24.6 Å². The minimum Gasteiger partial charge on any atom is -0.495 e.